The molecule has 0 aromatic carbocycles. The zero-order valence-electron chi connectivity index (χ0n) is 9.43. The van der Waals surface area contributed by atoms with Crippen LogP contribution in [0.3, 0.4) is 0 Å². The number of nitrogens with one attached hydrogen (secondary N) is 1. The van der Waals surface area contributed by atoms with Crippen molar-refractivity contribution >= 4 is 12.0 Å². The zero-order valence-corrected chi connectivity index (χ0v) is 9.43. The number of hydrogen-bond donors (Lipinski definition) is 2. The van der Waals surface area contributed by atoms with Crippen LogP contribution in [0, 0.1) is 0 Å². The first kappa shape index (κ1) is 14.2. The number of alkyl carbamates (subject to hydrolysis) is 1. The number of hydrogen-bond acceptors (Lipinski definition) is 5. The Morgan fingerprint density at radius 3 is 2.56 bits per heavy atom. The Balaban J connectivity index is 4.14. The molecule has 0 aromatic heterocycles. The Hall–Kier alpha value is -1.79. The Kier molecular flexibility index (Phi) is 5.27. The van der Waals surface area contributed by atoms with Crippen LogP contribution in [0.1, 0.15) is 20.8 Å². The Morgan fingerprint density at radius 2 is 2.12 bits per heavy atom. The van der Waals surface area contributed by atoms with E-state index in [0.29, 0.717) is 0 Å². The van der Waals surface area contributed by atoms with Crippen LogP contribution in [-0.2, 0) is 9.53 Å². The molecule has 0 spiro atoms. The molecule has 0 aliphatic heterocycles. The summed E-state index contributed by atoms with van der Waals surface area (Å²) >= 11 is 0. The molecule has 0 heterocycles. The number of rotatable bonds is 3. The van der Waals surface area contributed by atoms with Crippen LogP contribution < -0.4 is 11.1 Å². The van der Waals surface area contributed by atoms with Gasteiger partial charge in [0.05, 0.1) is 6.04 Å². The Morgan fingerprint density at radius 1 is 1.56 bits per heavy atom. The second-order valence-corrected chi connectivity index (χ2v) is 4.01. The summed E-state index contributed by atoms with van der Waals surface area (Å²) in [6, 6.07) is -1.07. The van der Waals surface area contributed by atoms with Gasteiger partial charge in [0.1, 0.15) is 5.60 Å². The van der Waals surface area contributed by atoms with Crippen molar-refractivity contribution in [1.29, 1.82) is 0 Å². The monoisotopic (exact) mass is 229 g/mol. The third-order valence-corrected chi connectivity index (χ3v) is 1.30. The third-order valence-electron chi connectivity index (χ3n) is 1.30. The minimum absolute atomic E-state index is 0.217. The highest BCUT2D eigenvalue weighted by molar-refractivity contribution is 5.94. The number of nitrogens with zero attached hydrogens (tertiary/aromatic N) is 3. The van der Waals surface area contributed by atoms with Crippen molar-refractivity contribution in [1.82, 2.24) is 5.32 Å². The molecule has 0 rings (SSSR count). The van der Waals surface area contributed by atoms with E-state index in [1.165, 1.54) is 0 Å². The van der Waals surface area contributed by atoms with Crippen LogP contribution in [0.15, 0.2) is 5.11 Å². The highest BCUT2D eigenvalue weighted by Gasteiger charge is 2.20. The van der Waals surface area contributed by atoms with Gasteiger partial charge in [0, 0.05) is 11.5 Å². The van der Waals surface area contributed by atoms with Crippen LogP contribution in [-0.4, -0.2) is 30.2 Å². The molecule has 16 heavy (non-hydrogen) atoms. The number of carbonyl (C=O) groups is 2. The summed E-state index contributed by atoms with van der Waals surface area (Å²) in [6.45, 7) is 4.77. The maximum absolute atomic E-state index is 11.2. The summed E-state index contributed by atoms with van der Waals surface area (Å²) in [6.07, 6.45) is -0.881. The number of ether oxygens (including phenoxy) is 1. The largest absolute Gasteiger partial charge is 0.444 e. The molecule has 0 saturated carbocycles. The fourth-order valence-electron chi connectivity index (χ4n) is 0.704. The number of imide groups is 1. The first-order chi connectivity index (χ1) is 7.26. The SMILES string of the molecule is CC(C)(C)OC(=O)NC(=O)[C@@H](N)CN=[N+]=[N-]. The van der Waals surface area contributed by atoms with Gasteiger partial charge in [0.25, 0.3) is 0 Å². The van der Waals surface area contributed by atoms with Crippen molar-refractivity contribution in [3.63, 3.8) is 0 Å². The van der Waals surface area contributed by atoms with Crippen molar-refractivity contribution in [2.24, 2.45) is 10.8 Å². The van der Waals surface area contributed by atoms with E-state index in [1.54, 1.807) is 20.8 Å². The van der Waals surface area contributed by atoms with Crippen molar-refractivity contribution in [2.75, 3.05) is 6.54 Å². The molecule has 0 aliphatic rings. The van der Waals surface area contributed by atoms with Gasteiger partial charge in [-0.15, -0.1) is 0 Å². The lowest BCUT2D eigenvalue weighted by Gasteiger charge is -2.19. The molecular formula is C8H15N5O3. The molecule has 0 aliphatic carbocycles. The van der Waals surface area contributed by atoms with Gasteiger partial charge in [-0.2, -0.15) is 0 Å². The van der Waals surface area contributed by atoms with E-state index in [0.717, 1.165) is 0 Å². The highest BCUT2D eigenvalue weighted by atomic mass is 16.6. The molecule has 1 atom stereocenters. The lowest BCUT2D eigenvalue weighted by atomic mass is 10.2. The lowest BCUT2D eigenvalue weighted by molar-refractivity contribution is -0.121. The standard InChI is InChI=1S/C8H15N5O3/c1-8(2,3)16-7(15)12-6(14)5(9)4-11-13-10/h5H,4,9H2,1-3H3,(H,12,14,15)/t5-/m0/s1. The molecule has 0 fully saturated rings. The summed E-state index contributed by atoms with van der Waals surface area (Å²) in [5.74, 6) is -0.748. The number of carbonyl (C=O) groups excluding carboxylic acids is 2. The summed E-state index contributed by atoms with van der Waals surface area (Å²) < 4.78 is 4.83. The van der Waals surface area contributed by atoms with E-state index < -0.39 is 23.6 Å². The molecular weight excluding hydrogens is 214 g/mol. The summed E-state index contributed by atoms with van der Waals surface area (Å²) in [4.78, 5) is 24.8. The van der Waals surface area contributed by atoms with E-state index in [4.69, 9.17) is 16.0 Å². The Labute approximate surface area is 92.8 Å². The van der Waals surface area contributed by atoms with E-state index in [2.05, 4.69) is 10.0 Å². The summed E-state index contributed by atoms with van der Waals surface area (Å²) in [5.41, 5.74) is 12.6. The molecule has 0 aromatic rings. The molecule has 90 valence electrons. The number of nitrogens with two attached hydrogens (primary N) is 1. The first-order valence-corrected chi connectivity index (χ1v) is 4.56. The maximum atomic E-state index is 11.2. The molecule has 2 amide bonds. The van der Waals surface area contributed by atoms with Gasteiger partial charge in [0.2, 0.25) is 5.91 Å². The molecule has 8 heteroatoms. The molecule has 0 bridgehead atoms. The Bertz CT molecular complexity index is 316. The zero-order chi connectivity index (χ0) is 12.8. The van der Waals surface area contributed by atoms with Crippen molar-refractivity contribution in [3.05, 3.63) is 10.4 Å². The topological polar surface area (TPSA) is 130 Å². The predicted molar refractivity (Wildman–Crippen MR) is 56.4 cm³/mol. The van der Waals surface area contributed by atoms with E-state index in [9.17, 15) is 9.59 Å². The normalized spacial score (nSPS) is 12.2. The molecule has 3 N–H and O–H groups in total. The molecule has 8 nitrogen and oxygen atoms in total. The van der Waals surface area contributed by atoms with Crippen LogP contribution in [0.2, 0.25) is 0 Å². The second-order valence-electron chi connectivity index (χ2n) is 4.01. The lowest BCUT2D eigenvalue weighted by Crippen LogP contribution is -2.46. The third kappa shape index (κ3) is 6.63. The van der Waals surface area contributed by atoms with Gasteiger partial charge in [-0.25, -0.2) is 4.79 Å². The summed E-state index contributed by atoms with van der Waals surface area (Å²) in [5, 5.41) is 5.05. The quantitative estimate of drug-likeness (QED) is 0.418. The minimum Gasteiger partial charge on any atom is -0.444 e. The van der Waals surface area contributed by atoms with E-state index in [1.807, 2.05) is 5.32 Å². The van der Waals surface area contributed by atoms with Crippen LogP contribution in [0.5, 0.6) is 0 Å². The van der Waals surface area contributed by atoms with Crippen molar-refractivity contribution < 1.29 is 14.3 Å². The predicted octanol–water partition coefficient (Wildman–Crippen LogP) is 0.675. The van der Waals surface area contributed by atoms with Crippen molar-refractivity contribution in [3.8, 4) is 0 Å². The molecule has 0 saturated heterocycles. The van der Waals surface area contributed by atoms with Gasteiger partial charge in [-0.05, 0) is 26.3 Å². The van der Waals surface area contributed by atoms with Gasteiger partial charge in [-0.3, -0.25) is 10.1 Å². The van der Waals surface area contributed by atoms with E-state index >= 15 is 0 Å². The summed E-state index contributed by atoms with van der Waals surface area (Å²) in [7, 11) is 0. The van der Waals surface area contributed by atoms with Gasteiger partial charge >= 0.3 is 6.09 Å². The highest BCUT2D eigenvalue weighted by Crippen LogP contribution is 2.06. The minimum atomic E-state index is -1.07. The van der Waals surface area contributed by atoms with Gasteiger partial charge < -0.3 is 10.5 Å². The second kappa shape index (κ2) is 5.94. The van der Waals surface area contributed by atoms with Crippen LogP contribution in [0.4, 0.5) is 4.79 Å². The fourth-order valence-corrected chi connectivity index (χ4v) is 0.704. The van der Waals surface area contributed by atoms with Crippen LogP contribution >= 0.6 is 0 Å². The van der Waals surface area contributed by atoms with Crippen molar-refractivity contribution in [2.45, 2.75) is 32.4 Å². The average molecular weight is 229 g/mol. The van der Waals surface area contributed by atoms with Gasteiger partial charge in [0.15, 0.2) is 0 Å². The molecule has 0 radical (unpaired) electrons. The van der Waals surface area contributed by atoms with Gasteiger partial charge in [-0.1, -0.05) is 5.11 Å². The number of amides is 2. The fraction of sp³-hybridized carbons (Fsp3) is 0.750. The number of azide groups is 1. The first-order valence-electron chi connectivity index (χ1n) is 4.56. The van der Waals surface area contributed by atoms with E-state index in [-0.39, 0.29) is 6.54 Å². The van der Waals surface area contributed by atoms with Crippen LogP contribution in [0.25, 0.3) is 10.4 Å². The molecule has 0 unspecified atom stereocenters. The maximum Gasteiger partial charge on any atom is 0.414 e. The average Bonchev–Trinajstić information content (AvgIpc) is 2.10. The smallest absolute Gasteiger partial charge is 0.414 e.